The second-order valence-corrected chi connectivity index (χ2v) is 4.90. The molecule has 0 aromatic heterocycles. The summed E-state index contributed by atoms with van der Waals surface area (Å²) in [6.45, 7) is 6.16. The van der Waals surface area contributed by atoms with E-state index >= 15 is 0 Å². The summed E-state index contributed by atoms with van der Waals surface area (Å²) in [7, 11) is 0. The minimum Gasteiger partial charge on any atom is -0.103 e. The lowest BCUT2D eigenvalue weighted by Crippen LogP contribution is -2.18. The Morgan fingerprint density at radius 1 is 1.29 bits per heavy atom. The third-order valence-electron chi connectivity index (χ3n) is 4.22. The maximum Gasteiger partial charge on any atom is -0.0196 e. The fraction of sp³-hybridized carbons (Fsp3) is 0.714. The summed E-state index contributed by atoms with van der Waals surface area (Å²) in [5.74, 6) is 3.85. The largest absolute Gasteiger partial charge is 0.103 e. The third-order valence-corrected chi connectivity index (χ3v) is 4.22. The van der Waals surface area contributed by atoms with Crippen molar-refractivity contribution >= 4 is 0 Å². The van der Waals surface area contributed by atoms with Crippen LogP contribution >= 0.6 is 0 Å². The summed E-state index contributed by atoms with van der Waals surface area (Å²) >= 11 is 0. The van der Waals surface area contributed by atoms with E-state index in [9.17, 15) is 0 Å². The Kier molecular flexibility index (Phi) is 3.10. The van der Waals surface area contributed by atoms with Gasteiger partial charge in [0, 0.05) is 0 Å². The first kappa shape index (κ1) is 10.0. The van der Waals surface area contributed by atoms with Gasteiger partial charge < -0.3 is 0 Å². The van der Waals surface area contributed by atoms with E-state index in [1.807, 2.05) is 0 Å². The maximum atomic E-state index is 3.80. The molecule has 0 aromatic carbocycles. The van der Waals surface area contributed by atoms with E-state index in [0.717, 1.165) is 23.7 Å². The zero-order valence-corrected chi connectivity index (χ0v) is 9.28. The molecule has 0 saturated heterocycles. The van der Waals surface area contributed by atoms with E-state index in [1.54, 1.807) is 0 Å². The highest BCUT2D eigenvalue weighted by atomic mass is 14.5. The molecule has 4 unspecified atom stereocenters. The molecule has 0 N–H and O–H groups in total. The van der Waals surface area contributed by atoms with Gasteiger partial charge in [0.05, 0.1) is 0 Å². The fourth-order valence-corrected chi connectivity index (χ4v) is 3.56. The monoisotopic (exact) mass is 190 g/mol. The summed E-state index contributed by atoms with van der Waals surface area (Å²) in [5, 5.41) is 0. The number of hydrogen-bond donors (Lipinski definition) is 0. The molecule has 14 heavy (non-hydrogen) atoms. The van der Waals surface area contributed by atoms with Gasteiger partial charge in [0.2, 0.25) is 0 Å². The molecular weight excluding hydrogens is 168 g/mol. The Bertz CT molecular complexity index is 226. The molecule has 0 heterocycles. The summed E-state index contributed by atoms with van der Waals surface area (Å²) < 4.78 is 0. The molecule has 2 aliphatic carbocycles. The Labute approximate surface area is 88.1 Å². The lowest BCUT2D eigenvalue weighted by Gasteiger charge is -2.26. The quantitative estimate of drug-likeness (QED) is 0.450. The van der Waals surface area contributed by atoms with Crippen molar-refractivity contribution in [2.24, 2.45) is 23.7 Å². The summed E-state index contributed by atoms with van der Waals surface area (Å²) in [5.41, 5.74) is 0. The van der Waals surface area contributed by atoms with Gasteiger partial charge in [0.1, 0.15) is 0 Å². The molecule has 0 aromatic rings. The molecule has 0 heteroatoms. The minimum atomic E-state index is 0.926. The first-order chi connectivity index (χ1) is 6.86. The van der Waals surface area contributed by atoms with E-state index in [2.05, 4.69) is 31.7 Å². The van der Waals surface area contributed by atoms with Crippen molar-refractivity contribution in [1.82, 2.24) is 0 Å². The predicted molar refractivity (Wildman–Crippen MR) is 62.1 cm³/mol. The minimum absolute atomic E-state index is 0.926. The first-order valence-corrected chi connectivity index (χ1v) is 6.16. The van der Waals surface area contributed by atoms with Crippen LogP contribution in [0.4, 0.5) is 0 Å². The lowest BCUT2D eigenvalue weighted by molar-refractivity contribution is 0.279. The molecule has 2 aliphatic rings. The lowest BCUT2D eigenvalue weighted by atomic mass is 9.78. The highest BCUT2D eigenvalue weighted by molar-refractivity contribution is 5.13. The van der Waals surface area contributed by atoms with Crippen LogP contribution < -0.4 is 0 Å². The van der Waals surface area contributed by atoms with Gasteiger partial charge in [-0.3, -0.25) is 0 Å². The topological polar surface area (TPSA) is 0 Å². The zero-order chi connectivity index (χ0) is 9.97. The molecule has 2 bridgehead atoms. The Balaban J connectivity index is 1.90. The van der Waals surface area contributed by atoms with Crippen LogP contribution in [0, 0.1) is 23.7 Å². The maximum absolute atomic E-state index is 3.80. The molecule has 0 amide bonds. The van der Waals surface area contributed by atoms with Crippen molar-refractivity contribution in [3.63, 3.8) is 0 Å². The van der Waals surface area contributed by atoms with Gasteiger partial charge in [-0.25, -0.2) is 0 Å². The van der Waals surface area contributed by atoms with E-state index in [0.29, 0.717) is 0 Å². The number of unbranched alkanes of at least 4 members (excludes halogenated alkanes) is 1. The zero-order valence-electron chi connectivity index (χ0n) is 9.28. The van der Waals surface area contributed by atoms with E-state index < -0.39 is 0 Å². The fourth-order valence-electron chi connectivity index (χ4n) is 3.56. The number of allylic oxidation sites excluding steroid dienone is 3. The molecule has 0 aliphatic heterocycles. The molecule has 0 spiro atoms. The van der Waals surface area contributed by atoms with Crippen LogP contribution in [0.25, 0.3) is 0 Å². The smallest absolute Gasteiger partial charge is 0.0196 e. The van der Waals surface area contributed by atoms with Crippen molar-refractivity contribution in [1.29, 1.82) is 0 Å². The Morgan fingerprint density at radius 2 is 2.00 bits per heavy atom. The summed E-state index contributed by atoms with van der Waals surface area (Å²) in [4.78, 5) is 0. The van der Waals surface area contributed by atoms with E-state index in [-0.39, 0.29) is 0 Å². The average molecular weight is 190 g/mol. The molecular formula is C14H22. The normalized spacial score (nSPS) is 39.2. The highest BCUT2D eigenvalue weighted by Gasteiger charge is 2.42. The van der Waals surface area contributed by atoms with Gasteiger partial charge in [-0.1, -0.05) is 31.6 Å². The van der Waals surface area contributed by atoms with E-state index in [4.69, 9.17) is 0 Å². The van der Waals surface area contributed by atoms with Gasteiger partial charge >= 0.3 is 0 Å². The molecule has 78 valence electrons. The Hall–Kier alpha value is -0.520. The summed E-state index contributed by atoms with van der Waals surface area (Å²) in [6.07, 6.45) is 13.8. The second kappa shape index (κ2) is 4.33. The van der Waals surface area contributed by atoms with Crippen LogP contribution in [-0.2, 0) is 0 Å². The average Bonchev–Trinajstić information content (AvgIpc) is 2.78. The first-order valence-electron chi connectivity index (χ1n) is 6.16. The van der Waals surface area contributed by atoms with Gasteiger partial charge in [-0.2, -0.15) is 0 Å². The number of rotatable bonds is 5. The van der Waals surface area contributed by atoms with Crippen LogP contribution in [0.15, 0.2) is 24.8 Å². The SMILES string of the molecule is C=CCCCC1C2C=CC(C2)C1CC. The van der Waals surface area contributed by atoms with Gasteiger partial charge in [0.25, 0.3) is 0 Å². The van der Waals surface area contributed by atoms with Crippen LogP contribution in [0.1, 0.15) is 39.0 Å². The molecule has 1 saturated carbocycles. The predicted octanol–water partition coefficient (Wildman–Crippen LogP) is 4.19. The van der Waals surface area contributed by atoms with Crippen molar-refractivity contribution < 1.29 is 0 Å². The molecule has 1 fully saturated rings. The molecule has 0 nitrogen and oxygen atoms in total. The van der Waals surface area contributed by atoms with E-state index in [1.165, 1.54) is 32.1 Å². The van der Waals surface area contributed by atoms with Crippen molar-refractivity contribution in [3.8, 4) is 0 Å². The van der Waals surface area contributed by atoms with Crippen LogP contribution in [0.2, 0.25) is 0 Å². The Morgan fingerprint density at radius 3 is 2.64 bits per heavy atom. The molecule has 2 rings (SSSR count). The van der Waals surface area contributed by atoms with Crippen molar-refractivity contribution in [3.05, 3.63) is 24.8 Å². The second-order valence-electron chi connectivity index (χ2n) is 4.90. The molecule has 0 radical (unpaired) electrons. The van der Waals surface area contributed by atoms with Crippen molar-refractivity contribution in [2.45, 2.75) is 39.0 Å². The van der Waals surface area contributed by atoms with Crippen LogP contribution in [0.5, 0.6) is 0 Å². The van der Waals surface area contributed by atoms with Crippen LogP contribution in [-0.4, -0.2) is 0 Å². The highest BCUT2D eigenvalue weighted by Crippen LogP contribution is 2.51. The van der Waals surface area contributed by atoms with Gasteiger partial charge in [-0.15, -0.1) is 6.58 Å². The van der Waals surface area contributed by atoms with Gasteiger partial charge in [0.15, 0.2) is 0 Å². The van der Waals surface area contributed by atoms with Gasteiger partial charge in [-0.05, 0) is 49.4 Å². The molecule has 4 atom stereocenters. The third kappa shape index (κ3) is 1.67. The summed E-state index contributed by atoms with van der Waals surface area (Å²) in [6, 6.07) is 0. The van der Waals surface area contributed by atoms with Crippen molar-refractivity contribution in [2.75, 3.05) is 0 Å². The number of fused-ring (bicyclic) bond motifs is 2. The van der Waals surface area contributed by atoms with Crippen LogP contribution in [0.3, 0.4) is 0 Å². The standard InChI is InChI=1S/C14H22/c1-3-5-6-7-14-12-9-8-11(10-12)13(14)4-2/h3,8-9,11-14H,1,4-7,10H2,2H3. The number of hydrogen-bond acceptors (Lipinski definition) is 0.